The molecule has 0 radical (unpaired) electrons. The Morgan fingerprint density at radius 1 is 1.00 bits per heavy atom. The molecular weight excluding hydrogens is 415 g/mol. The number of aliphatic carboxylic acids is 1. The van der Waals surface area contributed by atoms with Crippen LogP contribution in [0.5, 0.6) is 0 Å². The van der Waals surface area contributed by atoms with Gasteiger partial charge in [-0.1, -0.05) is 62.6 Å². The molecule has 1 aromatic heterocycles. The van der Waals surface area contributed by atoms with Crippen LogP contribution in [0.15, 0.2) is 66.2 Å². The SMILES string of the molecule is CCCCCCn1c2ccccc2c2cc(-c3ccc(/C=C(\C#N)C(=O)O)c(F)c3)ccc21. The van der Waals surface area contributed by atoms with Gasteiger partial charge in [-0.05, 0) is 47.9 Å². The number of hydrogen-bond donors (Lipinski definition) is 1. The van der Waals surface area contributed by atoms with Gasteiger partial charge in [-0.3, -0.25) is 0 Å². The van der Waals surface area contributed by atoms with Gasteiger partial charge in [0.2, 0.25) is 0 Å². The molecule has 166 valence electrons. The molecule has 0 fully saturated rings. The molecule has 0 spiro atoms. The minimum absolute atomic E-state index is 0.0717. The van der Waals surface area contributed by atoms with E-state index in [0.717, 1.165) is 35.5 Å². The number of carbonyl (C=O) groups is 1. The van der Waals surface area contributed by atoms with E-state index in [4.69, 9.17) is 10.4 Å². The van der Waals surface area contributed by atoms with Crippen molar-refractivity contribution in [1.29, 1.82) is 5.26 Å². The molecule has 4 rings (SSSR count). The highest BCUT2D eigenvalue weighted by molar-refractivity contribution is 6.09. The lowest BCUT2D eigenvalue weighted by Gasteiger charge is -2.08. The summed E-state index contributed by atoms with van der Waals surface area (Å²) in [6, 6.07) is 20.7. The van der Waals surface area contributed by atoms with Gasteiger partial charge < -0.3 is 9.67 Å². The molecule has 0 aliphatic heterocycles. The van der Waals surface area contributed by atoms with Crippen molar-refractivity contribution >= 4 is 33.9 Å². The first-order chi connectivity index (χ1) is 16.0. The van der Waals surface area contributed by atoms with Gasteiger partial charge in [-0.25, -0.2) is 9.18 Å². The van der Waals surface area contributed by atoms with Crippen LogP contribution in [0.2, 0.25) is 0 Å². The standard InChI is InChI=1S/C28H25FN2O2/c1-2-3-4-7-14-31-26-9-6-5-8-23(26)24-16-19(12-13-27(24)31)20-10-11-21(25(29)17-20)15-22(18-30)28(32)33/h5-6,8-13,15-17H,2-4,7,14H2,1H3,(H,32,33)/b22-15+. The molecule has 5 heteroatoms. The van der Waals surface area contributed by atoms with E-state index in [1.165, 1.54) is 42.3 Å². The van der Waals surface area contributed by atoms with E-state index < -0.39 is 17.4 Å². The molecule has 1 N–H and O–H groups in total. The monoisotopic (exact) mass is 440 g/mol. The maximum absolute atomic E-state index is 14.7. The lowest BCUT2D eigenvalue weighted by molar-refractivity contribution is -0.132. The summed E-state index contributed by atoms with van der Waals surface area (Å²) in [4.78, 5) is 11.1. The summed E-state index contributed by atoms with van der Waals surface area (Å²) in [6.45, 7) is 3.17. The number of carboxylic acids is 1. The van der Waals surface area contributed by atoms with E-state index in [1.54, 1.807) is 12.1 Å². The molecule has 0 amide bonds. The summed E-state index contributed by atoms with van der Waals surface area (Å²) < 4.78 is 17.1. The quantitative estimate of drug-likeness (QED) is 0.179. The predicted octanol–water partition coefficient (Wildman–Crippen LogP) is 7.17. The number of fused-ring (bicyclic) bond motifs is 3. The second-order valence-corrected chi connectivity index (χ2v) is 8.17. The third kappa shape index (κ3) is 4.51. The smallest absolute Gasteiger partial charge is 0.346 e. The van der Waals surface area contributed by atoms with E-state index in [2.05, 4.69) is 41.8 Å². The minimum atomic E-state index is -1.38. The maximum Gasteiger partial charge on any atom is 0.346 e. The number of unbranched alkanes of at least 4 members (excludes halogenated alkanes) is 3. The van der Waals surface area contributed by atoms with Crippen molar-refractivity contribution in [3.8, 4) is 17.2 Å². The molecular formula is C28H25FN2O2. The summed E-state index contributed by atoms with van der Waals surface area (Å²) in [5.74, 6) is -1.95. The highest BCUT2D eigenvalue weighted by Crippen LogP contribution is 2.33. The van der Waals surface area contributed by atoms with Gasteiger partial charge >= 0.3 is 5.97 Å². The van der Waals surface area contributed by atoms with Gasteiger partial charge in [0.25, 0.3) is 0 Å². The topological polar surface area (TPSA) is 66.0 Å². The third-order valence-electron chi connectivity index (χ3n) is 5.99. The Bertz CT molecular complexity index is 1410. The van der Waals surface area contributed by atoms with Crippen LogP contribution in [0.1, 0.15) is 38.2 Å². The number of aromatic nitrogens is 1. The highest BCUT2D eigenvalue weighted by Gasteiger charge is 2.13. The Labute approximate surface area is 192 Å². The second kappa shape index (κ2) is 9.70. The fraction of sp³-hybridized carbons (Fsp3) is 0.214. The van der Waals surface area contributed by atoms with Crippen LogP contribution in [0.3, 0.4) is 0 Å². The number of nitrogens with zero attached hydrogens (tertiary/aromatic N) is 2. The fourth-order valence-electron chi connectivity index (χ4n) is 4.29. The van der Waals surface area contributed by atoms with Crippen molar-refractivity contribution in [2.24, 2.45) is 0 Å². The van der Waals surface area contributed by atoms with Gasteiger partial charge in [-0.2, -0.15) is 5.26 Å². The van der Waals surface area contributed by atoms with Gasteiger partial charge in [-0.15, -0.1) is 0 Å². The summed E-state index contributed by atoms with van der Waals surface area (Å²) >= 11 is 0. The van der Waals surface area contributed by atoms with Crippen LogP contribution in [0, 0.1) is 17.1 Å². The normalized spacial score (nSPS) is 11.7. The summed E-state index contributed by atoms with van der Waals surface area (Å²) in [7, 11) is 0. The lowest BCUT2D eigenvalue weighted by atomic mass is 10.0. The largest absolute Gasteiger partial charge is 0.477 e. The Morgan fingerprint density at radius 2 is 1.73 bits per heavy atom. The molecule has 0 aliphatic carbocycles. The van der Waals surface area contributed by atoms with Crippen LogP contribution in [0.25, 0.3) is 39.0 Å². The number of nitriles is 1. The van der Waals surface area contributed by atoms with Gasteiger partial charge in [0.05, 0.1) is 0 Å². The molecule has 0 saturated heterocycles. The summed E-state index contributed by atoms with van der Waals surface area (Å²) in [5, 5.41) is 20.2. The zero-order chi connectivity index (χ0) is 23.4. The van der Waals surface area contributed by atoms with E-state index in [9.17, 15) is 9.18 Å². The average Bonchev–Trinajstić information content (AvgIpc) is 3.14. The summed E-state index contributed by atoms with van der Waals surface area (Å²) in [5.41, 5.74) is 3.50. The Kier molecular flexibility index (Phi) is 6.55. The van der Waals surface area contributed by atoms with Crippen molar-refractivity contribution in [1.82, 2.24) is 4.57 Å². The fourth-order valence-corrected chi connectivity index (χ4v) is 4.29. The predicted molar refractivity (Wildman–Crippen MR) is 130 cm³/mol. The van der Waals surface area contributed by atoms with Crippen LogP contribution in [-0.2, 0) is 11.3 Å². The van der Waals surface area contributed by atoms with Crippen LogP contribution in [-0.4, -0.2) is 15.6 Å². The third-order valence-corrected chi connectivity index (χ3v) is 5.99. The van der Waals surface area contributed by atoms with E-state index in [-0.39, 0.29) is 5.56 Å². The van der Waals surface area contributed by atoms with E-state index >= 15 is 0 Å². The first kappa shape index (κ1) is 22.3. The number of halogens is 1. The molecule has 0 atom stereocenters. The zero-order valence-electron chi connectivity index (χ0n) is 18.5. The molecule has 3 aromatic carbocycles. The van der Waals surface area contributed by atoms with Crippen LogP contribution >= 0.6 is 0 Å². The summed E-state index contributed by atoms with van der Waals surface area (Å²) in [6.07, 6.45) is 5.83. The minimum Gasteiger partial charge on any atom is -0.477 e. The van der Waals surface area contributed by atoms with Gasteiger partial charge in [0, 0.05) is 33.9 Å². The van der Waals surface area contributed by atoms with Crippen molar-refractivity contribution in [2.75, 3.05) is 0 Å². The molecule has 0 saturated carbocycles. The highest BCUT2D eigenvalue weighted by atomic mass is 19.1. The number of aryl methyl sites for hydroxylation is 1. The lowest BCUT2D eigenvalue weighted by Crippen LogP contribution is -1.98. The number of carboxylic acid groups (broad SMARTS) is 1. The van der Waals surface area contributed by atoms with E-state index in [0.29, 0.717) is 5.56 Å². The zero-order valence-corrected chi connectivity index (χ0v) is 18.5. The molecule has 33 heavy (non-hydrogen) atoms. The number of rotatable bonds is 8. The first-order valence-corrected chi connectivity index (χ1v) is 11.2. The number of benzene rings is 3. The van der Waals surface area contributed by atoms with Crippen molar-refractivity contribution in [2.45, 2.75) is 39.2 Å². The second-order valence-electron chi connectivity index (χ2n) is 8.17. The Hall–Kier alpha value is -3.91. The van der Waals surface area contributed by atoms with Gasteiger partial charge in [0.1, 0.15) is 17.5 Å². The average molecular weight is 441 g/mol. The molecule has 0 aliphatic rings. The molecule has 0 bridgehead atoms. The van der Waals surface area contributed by atoms with E-state index in [1.807, 2.05) is 12.1 Å². The molecule has 4 nitrogen and oxygen atoms in total. The van der Waals surface area contributed by atoms with Crippen LogP contribution in [0.4, 0.5) is 4.39 Å². The Morgan fingerprint density at radius 3 is 2.45 bits per heavy atom. The number of hydrogen-bond acceptors (Lipinski definition) is 2. The van der Waals surface area contributed by atoms with Crippen LogP contribution < -0.4 is 0 Å². The van der Waals surface area contributed by atoms with Crippen molar-refractivity contribution in [3.05, 3.63) is 77.6 Å². The maximum atomic E-state index is 14.7. The van der Waals surface area contributed by atoms with Gasteiger partial charge in [0.15, 0.2) is 0 Å². The first-order valence-electron chi connectivity index (χ1n) is 11.2. The van der Waals surface area contributed by atoms with Crippen molar-refractivity contribution in [3.63, 3.8) is 0 Å². The number of para-hydroxylation sites is 1. The molecule has 1 heterocycles. The van der Waals surface area contributed by atoms with Crippen molar-refractivity contribution < 1.29 is 14.3 Å². The molecule has 4 aromatic rings. The molecule has 0 unspecified atom stereocenters. The Balaban J connectivity index is 1.74.